The lowest BCUT2D eigenvalue weighted by Gasteiger charge is -2.37. The number of carboxylic acids is 2. The molecule has 2 aliphatic rings. The van der Waals surface area contributed by atoms with Crippen LogP contribution in [-0.2, 0) is 95.8 Å². The second-order valence-corrected chi connectivity index (χ2v) is 28.5. The third-order valence-corrected chi connectivity index (χ3v) is 18.4. The molecule has 2 rings (SSSR count). The summed E-state index contributed by atoms with van der Waals surface area (Å²) in [5.41, 5.74) is 27.8. The average Bonchev–Trinajstić information content (AvgIpc) is 0.895. The van der Waals surface area contributed by atoms with Crippen LogP contribution in [0.3, 0.4) is 0 Å². The smallest absolute Gasteiger partial charge is 0.329 e. The fraction of sp³-hybridized carbons (Fsp3) is 0.735. The second-order valence-electron chi connectivity index (χ2n) is 28.5. The van der Waals surface area contributed by atoms with Gasteiger partial charge in [0, 0.05) is 39.5 Å². The number of amides is 15. The number of aliphatic hydroxyl groups excluding tert-OH is 4. The lowest BCUT2D eigenvalue weighted by atomic mass is 9.87. The van der Waals surface area contributed by atoms with Gasteiger partial charge < -0.3 is 126 Å². The van der Waals surface area contributed by atoms with Crippen LogP contribution in [0, 0.1) is 23.7 Å². The molecule has 0 radical (unpaired) electrons. The number of likely N-dealkylation sites (N-methyl/N-ethyl adjacent to an activating group) is 1. The number of aliphatic hydroxyl groups is 4. The van der Waals surface area contributed by atoms with Gasteiger partial charge in [-0.1, -0.05) is 41.5 Å². The maximum absolute atomic E-state index is 15.0. The maximum Gasteiger partial charge on any atom is 0.329 e. The Labute approximate surface area is 635 Å². The number of primary amides is 4. The summed E-state index contributed by atoms with van der Waals surface area (Å²) in [4.78, 5) is 251. The number of hydrogen-bond donors (Lipinski definition) is 20. The van der Waals surface area contributed by atoms with Gasteiger partial charge in [0.2, 0.25) is 82.7 Å². The molecule has 0 aromatic heterocycles. The fourth-order valence-corrected chi connectivity index (χ4v) is 12.4. The standard InChI is InChI=1S/C68H114N16O26/c1-11-109-55(56(73)96)51-64(104)79-41(29-48(91)92)67(107)84-25-15-13-17-43(84)68(108)110-35(9)50(63(103)80-49(34(8)85)62(102)75-37(16-12-14-24-69)58(98)78-40(27-31(4)5)66(106)83(10)42(61(101)82-51)20-23-46(72)88)81-59(99)38(19-22-45(71)87)76-65(105)54(95)53(94)36(18-21-44(70)86)74-60(100)39(28-47(89)90)77-57(97)33(7)52(93)32(6)26-30(2)3/h30-43,49-55,85,93-95H,11-29,69H2,1-10H3,(H2,70,86)(H2,71,87)(H2,72,88)(H2,73,96)(H,74,100)(H,75,102)(H,76,105)(H,77,97)(H,78,98)(H,79,104)(H,80,103)(H,81,99)(H,82,101)(H,89,90)(H,91,92). The molecule has 2 saturated heterocycles. The number of esters is 1. The Kier molecular flexibility index (Phi) is 40.9. The topological polar surface area (TPSA) is 692 Å². The number of nitrogens with two attached hydrogens (primary N) is 5. The molecule has 0 aromatic carbocycles. The molecular weight excluding hydrogens is 1460 g/mol. The van der Waals surface area contributed by atoms with Gasteiger partial charge in [-0.2, -0.15) is 0 Å². The van der Waals surface area contributed by atoms with E-state index in [0.29, 0.717) is 6.42 Å². The van der Waals surface area contributed by atoms with Crippen LogP contribution in [0.5, 0.6) is 0 Å². The van der Waals surface area contributed by atoms with Crippen molar-refractivity contribution in [2.75, 3.05) is 26.7 Å². The summed E-state index contributed by atoms with van der Waals surface area (Å²) in [7, 11) is 1.07. The molecular formula is C68H114N16O26. The number of rotatable bonds is 38. The highest BCUT2D eigenvalue weighted by atomic mass is 16.5. The molecule has 2 heterocycles. The van der Waals surface area contributed by atoms with Crippen LogP contribution in [0.25, 0.3) is 0 Å². The highest BCUT2D eigenvalue weighted by Crippen LogP contribution is 2.25. The van der Waals surface area contributed by atoms with Crippen molar-refractivity contribution >= 4 is 107 Å². The van der Waals surface area contributed by atoms with E-state index in [-0.39, 0.29) is 70.6 Å². The molecule has 0 aliphatic carbocycles. The molecule has 0 bridgehead atoms. The third kappa shape index (κ3) is 31.3. The van der Waals surface area contributed by atoms with Crippen LogP contribution < -0.4 is 76.5 Å². The summed E-state index contributed by atoms with van der Waals surface area (Å²) in [6.07, 6.45) is -19.1. The van der Waals surface area contributed by atoms with E-state index < -0.39 is 279 Å². The van der Waals surface area contributed by atoms with Gasteiger partial charge in [0.1, 0.15) is 72.6 Å². The van der Waals surface area contributed by atoms with E-state index >= 15 is 4.79 Å². The van der Waals surface area contributed by atoms with Gasteiger partial charge in [-0.15, -0.1) is 0 Å². The van der Waals surface area contributed by atoms with Gasteiger partial charge in [0.05, 0.1) is 37.0 Å². The Balaban J connectivity index is 3.03. The zero-order valence-corrected chi connectivity index (χ0v) is 63.7. The van der Waals surface area contributed by atoms with Crippen LogP contribution in [0.4, 0.5) is 0 Å². The van der Waals surface area contributed by atoms with Gasteiger partial charge in [0.25, 0.3) is 5.91 Å². The quantitative estimate of drug-likeness (QED) is 0.0202. The zero-order chi connectivity index (χ0) is 83.9. The van der Waals surface area contributed by atoms with Crippen molar-refractivity contribution < 1.29 is 126 Å². The van der Waals surface area contributed by atoms with E-state index in [1.54, 1.807) is 20.8 Å². The van der Waals surface area contributed by atoms with Crippen LogP contribution in [-0.4, -0.2) is 277 Å². The number of unbranched alkanes of at least 4 members (excludes halogenated alkanes) is 1. The van der Waals surface area contributed by atoms with Crippen LogP contribution in [0.2, 0.25) is 0 Å². The van der Waals surface area contributed by atoms with Gasteiger partial charge in [0.15, 0.2) is 12.2 Å². The lowest BCUT2D eigenvalue weighted by Crippen LogP contribution is -2.64. The number of nitrogens with one attached hydrogen (secondary N) is 9. The molecule has 2 fully saturated rings. The lowest BCUT2D eigenvalue weighted by molar-refractivity contribution is -0.164. The Morgan fingerprint density at radius 1 is 0.609 bits per heavy atom. The molecule has 2 aliphatic heterocycles. The van der Waals surface area contributed by atoms with E-state index in [0.717, 1.165) is 30.7 Å². The predicted octanol–water partition coefficient (Wildman–Crippen LogP) is -7.90. The highest BCUT2D eigenvalue weighted by Gasteiger charge is 2.46. The Bertz CT molecular complexity index is 3250. The van der Waals surface area contributed by atoms with Crippen molar-refractivity contribution in [2.24, 2.45) is 52.3 Å². The average molecular weight is 1570 g/mol. The molecule has 0 spiro atoms. The van der Waals surface area contributed by atoms with Crippen molar-refractivity contribution in [2.45, 2.75) is 268 Å². The Hall–Kier alpha value is -9.78. The molecule has 19 atom stereocenters. The summed E-state index contributed by atoms with van der Waals surface area (Å²) in [5.74, 6) is -26.1. The number of carbonyl (C=O) groups is 18. The number of carboxylic acid groups (broad SMARTS) is 2. The second kappa shape index (κ2) is 46.7. The first-order chi connectivity index (χ1) is 51.3. The number of cyclic esters (lactones) is 1. The Morgan fingerprint density at radius 2 is 1.18 bits per heavy atom. The van der Waals surface area contributed by atoms with Gasteiger partial charge >= 0.3 is 17.9 Å². The number of aliphatic carboxylic acids is 2. The van der Waals surface area contributed by atoms with Crippen molar-refractivity contribution in [3.8, 4) is 0 Å². The summed E-state index contributed by atoms with van der Waals surface area (Å²) >= 11 is 0. The maximum atomic E-state index is 15.0. The van der Waals surface area contributed by atoms with E-state index in [4.69, 9.17) is 38.1 Å². The predicted molar refractivity (Wildman–Crippen MR) is 383 cm³/mol. The zero-order valence-electron chi connectivity index (χ0n) is 63.7. The summed E-state index contributed by atoms with van der Waals surface area (Å²) in [5, 5.41) is 85.7. The largest absolute Gasteiger partial charge is 0.481 e. The van der Waals surface area contributed by atoms with E-state index in [1.165, 1.54) is 13.8 Å². The first-order valence-electron chi connectivity index (χ1n) is 36.4. The molecule has 15 amide bonds. The fourth-order valence-electron chi connectivity index (χ4n) is 12.4. The summed E-state index contributed by atoms with van der Waals surface area (Å²) < 4.78 is 11.3. The van der Waals surface area contributed by atoms with Gasteiger partial charge in [-0.3, -0.25) is 81.5 Å². The van der Waals surface area contributed by atoms with E-state index in [2.05, 4.69) is 47.9 Å². The molecule has 110 heavy (non-hydrogen) atoms. The summed E-state index contributed by atoms with van der Waals surface area (Å²) in [6.45, 7) is 12.6. The van der Waals surface area contributed by atoms with Crippen molar-refractivity contribution in [1.82, 2.24) is 57.7 Å². The van der Waals surface area contributed by atoms with Crippen LogP contribution in [0.1, 0.15) is 165 Å². The normalized spacial score (nSPS) is 23.8. The number of fused-ring (bicyclic) bond motifs is 1. The molecule has 42 heteroatoms. The number of piperidine rings is 1. The van der Waals surface area contributed by atoms with Crippen molar-refractivity contribution in [3.05, 3.63) is 0 Å². The number of carbonyl (C=O) groups excluding carboxylic acids is 16. The van der Waals surface area contributed by atoms with Gasteiger partial charge in [-0.25, -0.2) is 4.79 Å². The number of ether oxygens (including phenoxy) is 2. The SMILES string of the molecule is CCOC(C(N)=O)C1NC(=O)C(CCC(N)=O)N(C)C(=O)C(CC(C)C)NC(=O)C(CCCCN)NC(=O)C(C(C)O)NC(=O)C(NC(=O)C(CCC(N)=O)NC(=O)C(O)C(O)C(CCC(N)=O)NC(=O)C(CC(=O)O)NC(=O)C(C)C(O)C(C)CC(C)C)C(C)OC(=O)C2CCCCN2C(=O)C(CC(=O)O)NC1=O. The first kappa shape index (κ1) is 96.3. The van der Waals surface area contributed by atoms with Crippen molar-refractivity contribution in [1.29, 1.82) is 0 Å². The molecule has 42 nitrogen and oxygen atoms in total. The minimum absolute atomic E-state index is 0.0605. The Morgan fingerprint density at radius 3 is 1.73 bits per heavy atom. The minimum atomic E-state index is -2.78. The summed E-state index contributed by atoms with van der Waals surface area (Å²) in [6, 6.07) is -22.0. The van der Waals surface area contributed by atoms with Gasteiger partial charge in [-0.05, 0) is 116 Å². The highest BCUT2D eigenvalue weighted by molar-refractivity contribution is 6.01. The van der Waals surface area contributed by atoms with E-state index in [9.17, 15) is 112 Å². The molecule has 0 saturated carbocycles. The number of hydrogen-bond acceptors (Lipinski definition) is 25. The van der Waals surface area contributed by atoms with Crippen LogP contribution in [0.15, 0.2) is 0 Å². The molecule has 25 N–H and O–H groups in total. The molecule has 622 valence electrons. The molecule has 19 unspecified atom stereocenters. The van der Waals surface area contributed by atoms with Crippen molar-refractivity contribution in [3.63, 3.8) is 0 Å². The monoisotopic (exact) mass is 1570 g/mol. The minimum Gasteiger partial charge on any atom is -0.481 e. The first-order valence-corrected chi connectivity index (χ1v) is 36.4. The number of nitrogens with zero attached hydrogens (tertiary/aromatic N) is 2. The van der Waals surface area contributed by atoms with E-state index in [1.807, 2.05) is 13.8 Å². The van der Waals surface area contributed by atoms with Crippen LogP contribution >= 0.6 is 0 Å². The molecule has 0 aromatic rings. The third-order valence-electron chi connectivity index (χ3n) is 18.4.